The van der Waals surface area contributed by atoms with Crippen LogP contribution in [0.2, 0.25) is 0 Å². The number of benzene rings is 1. The van der Waals surface area contributed by atoms with E-state index in [1.54, 1.807) is 0 Å². The quantitative estimate of drug-likeness (QED) is 0.816. The summed E-state index contributed by atoms with van der Waals surface area (Å²) in [5.41, 5.74) is 2.23. The molecular weight excluding hydrogens is 334 g/mol. The first-order valence-electron chi connectivity index (χ1n) is 9.93. The van der Waals surface area contributed by atoms with Crippen molar-refractivity contribution < 1.29 is 4.79 Å². The summed E-state index contributed by atoms with van der Waals surface area (Å²) in [5, 5.41) is 0. The third kappa shape index (κ3) is 4.45. The molecule has 2 aliphatic heterocycles. The standard InChI is InChI=1S/C23H27N3O/c27-23-12-11-20-17-25(15-6-9-19-7-2-1-3-8-19)16-13-22(20)26(23)18-21-10-4-5-14-24-21/h1-10,14,20,22H,11-13,15-18H2/b9-6+/t20-,22+/m1/s1. The monoisotopic (exact) mass is 361 g/mol. The van der Waals surface area contributed by atoms with E-state index in [4.69, 9.17) is 0 Å². The Bertz CT molecular complexity index is 775. The zero-order valence-corrected chi connectivity index (χ0v) is 15.7. The van der Waals surface area contributed by atoms with Crippen LogP contribution in [0, 0.1) is 5.92 Å². The lowest BCUT2D eigenvalue weighted by molar-refractivity contribution is -0.142. The summed E-state index contributed by atoms with van der Waals surface area (Å²) in [5.74, 6) is 0.865. The molecule has 1 amide bonds. The predicted molar refractivity (Wildman–Crippen MR) is 108 cm³/mol. The van der Waals surface area contributed by atoms with Crippen LogP contribution in [-0.2, 0) is 11.3 Å². The summed E-state index contributed by atoms with van der Waals surface area (Å²) < 4.78 is 0. The van der Waals surface area contributed by atoms with Crippen LogP contribution in [0.3, 0.4) is 0 Å². The highest BCUT2D eigenvalue weighted by Gasteiger charge is 2.39. The summed E-state index contributed by atoms with van der Waals surface area (Å²) in [6.07, 6.45) is 9.01. The van der Waals surface area contributed by atoms with Crippen LogP contribution in [0.4, 0.5) is 0 Å². The second kappa shape index (κ2) is 8.49. The molecule has 2 aromatic rings. The van der Waals surface area contributed by atoms with Crippen molar-refractivity contribution in [3.63, 3.8) is 0 Å². The summed E-state index contributed by atoms with van der Waals surface area (Å²) in [6.45, 7) is 3.75. The highest BCUT2D eigenvalue weighted by atomic mass is 16.2. The van der Waals surface area contributed by atoms with Gasteiger partial charge >= 0.3 is 0 Å². The van der Waals surface area contributed by atoms with E-state index in [1.165, 1.54) is 5.56 Å². The van der Waals surface area contributed by atoms with Gasteiger partial charge in [0.15, 0.2) is 0 Å². The molecule has 1 aromatic carbocycles. The van der Waals surface area contributed by atoms with Crippen molar-refractivity contribution in [2.45, 2.75) is 31.8 Å². The molecule has 0 bridgehead atoms. The smallest absolute Gasteiger partial charge is 0.223 e. The van der Waals surface area contributed by atoms with Crippen molar-refractivity contribution in [1.29, 1.82) is 0 Å². The molecule has 4 rings (SSSR count). The Balaban J connectivity index is 1.36. The molecule has 1 aromatic heterocycles. The van der Waals surface area contributed by atoms with Gasteiger partial charge in [-0.3, -0.25) is 14.7 Å². The molecule has 2 atom stereocenters. The van der Waals surface area contributed by atoms with Crippen molar-refractivity contribution in [1.82, 2.24) is 14.8 Å². The fraction of sp³-hybridized carbons (Fsp3) is 0.391. The molecule has 0 aliphatic carbocycles. The minimum atomic E-state index is 0.291. The average molecular weight is 361 g/mol. The minimum absolute atomic E-state index is 0.291. The highest BCUT2D eigenvalue weighted by Crippen LogP contribution is 2.32. The summed E-state index contributed by atoms with van der Waals surface area (Å²) in [7, 11) is 0. The molecule has 0 N–H and O–H groups in total. The zero-order valence-electron chi connectivity index (χ0n) is 15.7. The molecule has 0 radical (unpaired) electrons. The molecule has 2 fully saturated rings. The van der Waals surface area contributed by atoms with E-state index in [0.29, 0.717) is 30.8 Å². The molecule has 4 heteroatoms. The highest BCUT2D eigenvalue weighted by molar-refractivity contribution is 5.77. The molecule has 27 heavy (non-hydrogen) atoms. The number of nitrogens with zero attached hydrogens (tertiary/aromatic N) is 3. The maximum atomic E-state index is 12.5. The third-order valence-corrected chi connectivity index (χ3v) is 5.76. The van der Waals surface area contributed by atoms with Gasteiger partial charge < -0.3 is 4.90 Å². The molecule has 0 unspecified atom stereocenters. The number of likely N-dealkylation sites (tertiary alicyclic amines) is 2. The maximum absolute atomic E-state index is 12.5. The summed E-state index contributed by atoms with van der Waals surface area (Å²) >= 11 is 0. The average Bonchev–Trinajstić information content (AvgIpc) is 2.72. The van der Waals surface area contributed by atoms with Gasteiger partial charge in [0.05, 0.1) is 12.2 Å². The van der Waals surface area contributed by atoms with Crippen molar-refractivity contribution >= 4 is 12.0 Å². The van der Waals surface area contributed by atoms with Crippen LogP contribution in [0.5, 0.6) is 0 Å². The normalized spacial score (nSPS) is 23.6. The molecule has 140 valence electrons. The van der Waals surface area contributed by atoms with Gasteiger partial charge in [0.2, 0.25) is 5.91 Å². The molecule has 2 aliphatic rings. The van der Waals surface area contributed by atoms with Crippen LogP contribution in [0.1, 0.15) is 30.5 Å². The summed E-state index contributed by atoms with van der Waals surface area (Å²) in [6, 6.07) is 16.7. The second-order valence-corrected chi connectivity index (χ2v) is 7.57. The van der Waals surface area contributed by atoms with E-state index in [1.807, 2.05) is 30.5 Å². The number of carbonyl (C=O) groups is 1. The van der Waals surface area contributed by atoms with Crippen LogP contribution in [0.25, 0.3) is 6.08 Å². The Hall–Kier alpha value is -2.46. The first kappa shape index (κ1) is 17.9. The number of aromatic nitrogens is 1. The lowest BCUT2D eigenvalue weighted by atomic mass is 9.83. The van der Waals surface area contributed by atoms with E-state index in [-0.39, 0.29) is 0 Å². The minimum Gasteiger partial charge on any atom is -0.333 e. The van der Waals surface area contributed by atoms with Gasteiger partial charge in [-0.05, 0) is 36.5 Å². The molecule has 2 saturated heterocycles. The predicted octanol–water partition coefficient (Wildman–Crippen LogP) is 3.61. The number of hydrogen-bond donors (Lipinski definition) is 0. The SMILES string of the molecule is O=C1CC[C@@H]2CN(C/C=C/c3ccccc3)CC[C@@H]2N1Cc1ccccn1. The lowest BCUT2D eigenvalue weighted by Gasteiger charge is -2.47. The van der Waals surface area contributed by atoms with Crippen molar-refractivity contribution in [3.05, 3.63) is 72.1 Å². The van der Waals surface area contributed by atoms with Gasteiger partial charge in [0.25, 0.3) is 0 Å². The molecule has 0 spiro atoms. The lowest BCUT2D eigenvalue weighted by Crippen LogP contribution is -2.55. The molecule has 0 saturated carbocycles. The number of amides is 1. The molecule has 4 nitrogen and oxygen atoms in total. The van der Waals surface area contributed by atoms with Crippen molar-refractivity contribution in [2.75, 3.05) is 19.6 Å². The van der Waals surface area contributed by atoms with E-state index >= 15 is 0 Å². The maximum Gasteiger partial charge on any atom is 0.223 e. The van der Waals surface area contributed by atoms with Gasteiger partial charge in [-0.2, -0.15) is 0 Å². The first-order valence-corrected chi connectivity index (χ1v) is 9.93. The Morgan fingerprint density at radius 3 is 2.74 bits per heavy atom. The van der Waals surface area contributed by atoms with Crippen molar-refractivity contribution in [3.8, 4) is 0 Å². The molecular formula is C23H27N3O. The Kier molecular flexibility index (Phi) is 5.64. The van der Waals surface area contributed by atoms with Gasteiger partial charge in [-0.25, -0.2) is 0 Å². The van der Waals surface area contributed by atoms with Gasteiger partial charge in [-0.15, -0.1) is 0 Å². The van der Waals surface area contributed by atoms with Gasteiger partial charge in [-0.1, -0.05) is 48.6 Å². The molecule has 3 heterocycles. The Labute approximate surface area is 161 Å². The number of fused-ring (bicyclic) bond motifs is 1. The number of hydrogen-bond acceptors (Lipinski definition) is 3. The number of carbonyl (C=O) groups excluding carboxylic acids is 1. The van der Waals surface area contributed by atoms with Crippen molar-refractivity contribution in [2.24, 2.45) is 5.92 Å². The third-order valence-electron chi connectivity index (χ3n) is 5.76. The Morgan fingerprint density at radius 2 is 1.93 bits per heavy atom. The number of piperidine rings is 2. The Morgan fingerprint density at radius 1 is 1.07 bits per heavy atom. The van der Waals surface area contributed by atoms with Gasteiger partial charge in [0, 0.05) is 38.3 Å². The zero-order chi connectivity index (χ0) is 18.5. The second-order valence-electron chi connectivity index (χ2n) is 7.57. The van der Waals surface area contributed by atoms with Crippen LogP contribution in [0.15, 0.2) is 60.8 Å². The fourth-order valence-corrected chi connectivity index (χ4v) is 4.37. The van der Waals surface area contributed by atoms with E-state index < -0.39 is 0 Å². The van der Waals surface area contributed by atoms with E-state index in [0.717, 1.165) is 38.2 Å². The summed E-state index contributed by atoms with van der Waals surface area (Å²) in [4.78, 5) is 21.6. The first-order chi connectivity index (χ1) is 13.3. The van der Waals surface area contributed by atoms with Crippen LogP contribution < -0.4 is 0 Å². The number of rotatable bonds is 5. The van der Waals surface area contributed by atoms with Crippen LogP contribution >= 0.6 is 0 Å². The van der Waals surface area contributed by atoms with Crippen LogP contribution in [-0.4, -0.2) is 46.4 Å². The number of pyridine rings is 1. The topological polar surface area (TPSA) is 36.4 Å². The fourth-order valence-electron chi connectivity index (χ4n) is 4.37. The van der Waals surface area contributed by atoms with E-state index in [2.05, 4.69) is 51.2 Å². The van der Waals surface area contributed by atoms with Gasteiger partial charge in [0.1, 0.15) is 0 Å². The van der Waals surface area contributed by atoms with E-state index in [9.17, 15) is 4.79 Å². The largest absolute Gasteiger partial charge is 0.333 e.